The number of carbonyl (C=O) groups is 2. The van der Waals surface area contributed by atoms with E-state index in [0.717, 1.165) is 30.8 Å². The van der Waals surface area contributed by atoms with Crippen molar-refractivity contribution in [2.75, 3.05) is 26.7 Å². The Kier molecular flexibility index (Phi) is 7.42. The number of likely N-dealkylation sites (tertiary alicyclic amines) is 1. The van der Waals surface area contributed by atoms with Crippen molar-refractivity contribution in [2.24, 2.45) is 0 Å². The van der Waals surface area contributed by atoms with E-state index in [9.17, 15) is 9.59 Å². The van der Waals surface area contributed by atoms with Crippen LogP contribution in [0.2, 0.25) is 0 Å². The number of rotatable bonds is 8. The standard InChI is InChI=1S/C24H31N3O2/c1-19(28)25-17-21-10-8-9-20(15-21)16-24(29)26(2)23(18-27-13-6-7-14-27)22-11-4-3-5-12-22/h3-5,8-12,15,23H,6-7,13-14,16-18H2,1-2H3,(H,25,28). The average Bonchev–Trinajstić information content (AvgIpc) is 3.24. The zero-order chi connectivity index (χ0) is 20.6. The molecule has 0 radical (unpaired) electrons. The van der Waals surface area contributed by atoms with Gasteiger partial charge in [0.15, 0.2) is 0 Å². The fourth-order valence-corrected chi connectivity index (χ4v) is 3.89. The molecule has 1 N–H and O–H groups in total. The molecule has 3 rings (SSSR count). The molecule has 1 aliphatic heterocycles. The van der Waals surface area contributed by atoms with Gasteiger partial charge in [-0.1, -0.05) is 54.6 Å². The van der Waals surface area contributed by atoms with Gasteiger partial charge in [-0.15, -0.1) is 0 Å². The molecule has 5 nitrogen and oxygen atoms in total. The number of benzene rings is 2. The maximum absolute atomic E-state index is 13.1. The first kappa shape index (κ1) is 21.1. The Hall–Kier alpha value is -2.66. The lowest BCUT2D eigenvalue weighted by molar-refractivity contribution is -0.131. The summed E-state index contributed by atoms with van der Waals surface area (Å²) in [4.78, 5) is 28.6. The Labute approximate surface area is 173 Å². The molecule has 0 saturated carbocycles. The van der Waals surface area contributed by atoms with Gasteiger partial charge in [0.1, 0.15) is 0 Å². The molecule has 1 unspecified atom stereocenters. The summed E-state index contributed by atoms with van der Waals surface area (Å²) in [7, 11) is 1.91. The fourth-order valence-electron chi connectivity index (χ4n) is 3.89. The van der Waals surface area contributed by atoms with E-state index in [0.29, 0.717) is 13.0 Å². The molecule has 29 heavy (non-hydrogen) atoms. The smallest absolute Gasteiger partial charge is 0.227 e. The molecule has 0 aliphatic carbocycles. The molecule has 2 aromatic rings. The van der Waals surface area contributed by atoms with E-state index >= 15 is 0 Å². The first-order chi connectivity index (χ1) is 14.0. The molecule has 1 aliphatic rings. The monoisotopic (exact) mass is 393 g/mol. The average molecular weight is 394 g/mol. The molecular weight excluding hydrogens is 362 g/mol. The highest BCUT2D eigenvalue weighted by Crippen LogP contribution is 2.23. The Morgan fingerprint density at radius 3 is 2.41 bits per heavy atom. The molecule has 1 fully saturated rings. The van der Waals surface area contributed by atoms with E-state index in [-0.39, 0.29) is 17.9 Å². The zero-order valence-corrected chi connectivity index (χ0v) is 17.4. The highest BCUT2D eigenvalue weighted by molar-refractivity contribution is 5.79. The van der Waals surface area contributed by atoms with Crippen LogP contribution in [0.15, 0.2) is 54.6 Å². The molecule has 0 bridgehead atoms. The van der Waals surface area contributed by atoms with E-state index in [1.807, 2.05) is 54.4 Å². The molecule has 1 atom stereocenters. The second-order valence-electron chi connectivity index (χ2n) is 7.85. The van der Waals surface area contributed by atoms with E-state index in [2.05, 4.69) is 22.3 Å². The number of amides is 2. The summed E-state index contributed by atoms with van der Waals surface area (Å²) in [5.41, 5.74) is 3.15. The van der Waals surface area contributed by atoms with E-state index < -0.39 is 0 Å². The summed E-state index contributed by atoms with van der Waals surface area (Å²) in [5.74, 6) is 0.0496. The summed E-state index contributed by atoms with van der Waals surface area (Å²) in [5, 5.41) is 2.81. The lowest BCUT2D eigenvalue weighted by Gasteiger charge is -2.32. The van der Waals surface area contributed by atoms with Crippen molar-refractivity contribution < 1.29 is 9.59 Å². The summed E-state index contributed by atoms with van der Waals surface area (Å²) >= 11 is 0. The third kappa shape index (κ3) is 6.16. The first-order valence-corrected chi connectivity index (χ1v) is 10.4. The SMILES string of the molecule is CC(=O)NCc1cccc(CC(=O)N(C)C(CN2CCCC2)c2ccccc2)c1. The van der Waals surface area contributed by atoms with Crippen LogP contribution in [0.25, 0.3) is 0 Å². The van der Waals surface area contributed by atoms with Crippen LogP contribution in [0.3, 0.4) is 0 Å². The number of carbonyl (C=O) groups excluding carboxylic acids is 2. The van der Waals surface area contributed by atoms with Crippen molar-refractivity contribution in [1.29, 1.82) is 0 Å². The van der Waals surface area contributed by atoms with Gasteiger partial charge in [-0.05, 0) is 42.6 Å². The van der Waals surface area contributed by atoms with Crippen molar-refractivity contribution in [1.82, 2.24) is 15.1 Å². The van der Waals surface area contributed by atoms with Crippen LogP contribution in [0, 0.1) is 0 Å². The van der Waals surface area contributed by atoms with Crippen molar-refractivity contribution in [3.63, 3.8) is 0 Å². The summed E-state index contributed by atoms with van der Waals surface area (Å²) in [6.45, 7) is 5.07. The van der Waals surface area contributed by atoms with Gasteiger partial charge in [-0.3, -0.25) is 9.59 Å². The Morgan fingerprint density at radius 1 is 1.03 bits per heavy atom. The van der Waals surface area contributed by atoms with E-state index in [4.69, 9.17) is 0 Å². The predicted molar refractivity (Wildman–Crippen MR) is 115 cm³/mol. The van der Waals surface area contributed by atoms with Crippen LogP contribution < -0.4 is 5.32 Å². The lowest BCUT2D eigenvalue weighted by atomic mass is 10.0. The molecule has 2 amide bonds. The normalized spacial score (nSPS) is 15.1. The van der Waals surface area contributed by atoms with Gasteiger partial charge in [0.05, 0.1) is 12.5 Å². The van der Waals surface area contributed by atoms with Crippen LogP contribution in [-0.4, -0.2) is 48.3 Å². The molecular formula is C24H31N3O2. The lowest BCUT2D eigenvalue weighted by Crippen LogP contribution is -2.39. The van der Waals surface area contributed by atoms with Gasteiger partial charge < -0.3 is 15.1 Å². The molecule has 0 spiro atoms. The van der Waals surface area contributed by atoms with Gasteiger partial charge in [-0.25, -0.2) is 0 Å². The van der Waals surface area contributed by atoms with Crippen LogP contribution in [0.5, 0.6) is 0 Å². The number of hydrogen-bond acceptors (Lipinski definition) is 3. The Bertz CT molecular complexity index is 816. The number of likely N-dealkylation sites (N-methyl/N-ethyl adjacent to an activating group) is 1. The van der Waals surface area contributed by atoms with Gasteiger partial charge >= 0.3 is 0 Å². The molecule has 5 heteroatoms. The van der Waals surface area contributed by atoms with Crippen molar-refractivity contribution in [3.05, 3.63) is 71.3 Å². The maximum atomic E-state index is 13.1. The molecule has 154 valence electrons. The van der Waals surface area contributed by atoms with Crippen molar-refractivity contribution >= 4 is 11.8 Å². The van der Waals surface area contributed by atoms with Gasteiger partial charge in [0.25, 0.3) is 0 Å². The summed E-state index contributed by atoms with van der Waals surface area (Å²) in [6, 6.07) is 18.2. The summed E-state index contributed by atoms with van der Waals surface area (Å²) in [6.07, 6.45) is 2.83. The molecule has 1 saturated heterocycles. The fraction of sp³-hybridized carbons (Fsp3) is 0.417. The van der Waals surface area contributed by atoms with Crippen LogP contribution >= 0.6 is 0 Å². The third-order valence-electron chi connectivity index (χ3n) is 5.56. The minimum atomic E-state index is -0.0566. The van der Waals surface area contributed by atoms with Crippen LogP contribution in [0.4, 0.5) is 0 Å². The molecule has 0 aromatic heterocycles. The highest BCUT2D eigenvalue weighted by Gasteiger charge is 2.25. The quantitative estimate of drug-likeness (QED) is 0.750. The second kappa shape index (κ2) is 10.2. The van der Waals surface area contributed by atoms with Crippen LogP contribution in [-0.2, 0) is 22.6 Å². The third-order valence-corrected chi connectivity index (χ3v) is 5.56. The predicted octanol–water partition coefficient (Wildman–Crippen LogP) is 3.16. The minimum absolute atomic E-state index is 0.0457. The van der Waals surface area contributed by atoms with E-state index in [1.165, 1.54) is 25.3 Å². The number of nitrogens with one attached hydrogen (secondary N) is 1. The van der Waals surface area contributed by atoms with Crippen LogP contribution in [0.1, 0.15) is 42.5 Å². The number of nitrogens with zero attached hydrogens (tertiary/aromatic N) is 2. The number of hydrogen-bond donors (Lipinski definition) is 1. The van der Waals surface area contributed by atoms with Crippen molar-refractivity contribution in [2.45, 2.75) is 38.8 Å². The molecule has 2 aromatic carbocycles. The maximum Gasteiger partial charge on any atom is 0.227 e. The van der Waals surface area contributed by atoms with Gasteiger partial charge in [-0.2, -0.15) is 0 Å². The van der Waals surface area contributed by atoms with E-state index in [1.54, 1.807) is 0 Å². The highest BCUT2D eigenvalue weighted by atomic mass is 16.2. The Morgan fingerprint density at radius 2 is 1.72 bits per heavy atom. The van der Waals surface area contributed by atoms with Crippen molar-refractivity contribution in [3.8, 4) is 0 Å². The first-order valence-electron chi connectivity index (χ1n) is 10.4. The largest absolute Gasteiger partial charge is 0.352 e. The Balaban J connectivity index is 1.70. The van der Waals surface area contributed by atoms with Gasteiger partial charge in [0, 0.05) is 27.1 Å². The topological polar surface area (TPSA) is 52.7 Å². The zero-order valence-electron chi connectivity index (χ0n) is 17.4. The minimum Gasteiger partial charge on any atom is -0.352 e. The molecule has 1 heterocycles. The summed E-state index contributed by atoms with van der Waals surface area (Å²) < 4.78 is 0. The second-order valence-corrected chi connectivity index (χ2v) is 7.85. The van der Waals surface area contributed by atoms with Gasteiger partial charge in [0.2, 0.25) is 11.8 Å².